The molecule has 3 rings (SSSR count). The van der Waals surface area contributed by atoms with Gasteiger partial charge in [0.15, 0.2) is 0 Å². The summed E-state index contributed by atoms with van der Waals surface area (Å²) in [4.78, 5) is 17.1. The molecule has 6 nitrogen and oxygen atoms in total. The molecule has 1 aromatic heterocycles. The molecule has 0 N–H and O–H groups in total. The Hall–Kier alpha value is -3.75. The Morgan fingerprint density at radius 2 is 1.74 bits per heavy atom. The molecule has 0 unspecified atom stereocenters. The third kappa shape index (κ3) is 8.51. The Bertz CT molecular complexity index is 1100. The molecule has 1 heterocycles. The van der Waals surface area contributed by atoms with E-state index in [9.17, 15) is 18.0 Å². The predicted octanol–water partition coefficient (Wildman–Crippen LogP) is 6.46. The van der Waals surface area contributed by atoms with E-state index in [1.807, 2.05) is 24.3 Å². The fraction of sp³-hybridized carbons (Fsp3) is 0.308. The van der Waals surface area contributed by atoms with Crippen molar-refractivity contribution in [3.63, 3.8) is 0 Å². The fourth-order valence-electron chi connectivity index (χ4n) is 3.05. The number of oxazole rings is 1. The van der Waals surface area contributed by atoms with Gasteiger partial charge in [0.05, 0.1) is 12.2 Å². The molecule has 0 saturated carbocycles. The molecule has 0 fully saturated rings. The molecule has 186 valence electrons. The minimum Gasteiger partial charge on any atom is -0.487 e. The number of benzene rings is 2. The van der Waals surface area contributed by atoms with Gasteiger partial charge in [0.1, 0.15) is 24.3 Å². The molecular formula is C26H27F3N2O4. The van der Waals surface area contributed by atoms with Crippen LogP contribution in [-0.4, -0.2) is 36.7 Å². The van der Waals surface area contributed by atoms with E-state index in [4.69, 9.17) is 13.9 Å². The van der Waals surface area contributed by atoms with Crippen LogP contribution in [0, 0.1) is 0 Å². The minimum atomic E-state index is -4.36. The summed E-state index contributed by atoms with van der Waals surface area (Å²) in [6, 6.07) is 12.6. The molecule has 0 radical (unpaired) electrons. The van der Waals surface area contributed by atoms with Crippen molar-refractivity contribution >= 4 is 18.2 Å². The molecule has 0 atom stereocenters. The van der Waals surface area contributed by atoms with Gasteiger partial charge in [0, 0.05) is 20.2 Å². The number of nitrogens with zero attached hydrogens (tertiary/aromatic N) is 2. The maximum absolute atomic E-state index is 12.6. The summed E-state index contributed by atoms with van der Waals surface area (Å²) in [6.07, 6.45) is 2.57. The van der Waals surface area contributed by atoms with Gasteiger partial charge in [0.2, 0.25) is 5.89 Å². The molecule has 3 aromatic rings. The highest BCUT2D eigenvalue weighted by Gasteiger charge is 2.29. The number of alkyl halides is 3. The minimum absolute atomic E-state index is 0.216. The maximum atomic E-state index is 12.6. The van der Waals surface area contributed by atoms with Crippen molar-refractivity contribution in [3.8, 4) is 5.75 Å². The highest BCUT2D eigenvalue weighted by atomic mass is 19.4. The number of unbranched alkanes of at least 4 members (excludes halogenated alkanes) is 1. The van der Waals surface area contributed by atoms with E-state index >= 15 is 0 Å². The van der Waals surface area contributed by atoms with Crippen LogP contribution in [0.2, 0.25) is 0 Å². The van der Waals surface area contributed by atoms with Crippen LogP contribution in [0.25, 0.3) is 12.2 Å². The molecule has 2 aromatic carbocycles. The van der Waals surface area contributed by atoms with Crippen LogP contribution >= 0.6 is 0 Å². The number of hydrogen-bond acceptors (Lipinski definition) is 5. The van der Waals surface area contributed by atoms with Crippen LogP contribution in [0.5, 0.6) is 5.75 Å². The number of aromatic nitrogens is 1. The zero-order valence-corrected chi connectivity index (χ0v) is 19.5. The lowest BCUT2D eigenvalue weighted by Gasteiger charge is -2.10. The topological polar surface area (TPSA) is 64.8 Å². The van der Waals surface area contributed by atoms with Gasteiger partial charge in [-0.1, -0.05) is 24.3 Å². The first kappa shape index (κ1) is 25.9. The van der Waals surface area contributed by atoms with Gasteiger partial charge in [-0.05, 0) is 60.7 Å². The molecule has 0 bridgehead atoms. The summed E-state index contributed by atoms with van der Waals surface area (Å²) in [7, 11) is 3.30. The van der Waals surface area contributed by atoms with E-state index in [0.29, 0.717) is 29.5 Å². The van der Waals surface area contributed by atoms with Gasteiger partial charge < -0.3 is 18.8 Å². The Morgan fingerprint density at radius 3 is 2.40 bits per heavy atom. The van der Waals surface area contributed by atoms with Crippen LogP contribution < -0.4 is 4.74 Å². The highest BCUT2D eigenvalue weighted by molar-refractivity contribution is 5.67. The predicted molar refractivity (Wildman–Crippen MR) is 126 cm³/mol. The average molecular weight is 489 g/mol. The Morgan fingerprint density at radius 1 is 1.03 bits per heavy atom. The van der Waals surface area contributed by atoms with Gasteiger partial charge in [-0.25, -0.2) is 9.78 Å². The van der Waals surface area contributed by atoms with Crippen LogP contribution in [0.1, 0.15) is 41.1 Å². The Kier molecular flexibility index (Phi) is 8.94. The quantitative estimate of drug-likeness (QED) is 0.306. The van der Waals surface area contributed by atoms with Crippen LogP contribution in [0.3, 0.4) is 0 Å². The number of rotatable bonds is 10. The monoisotopic (exact) mass is 488 g/mol. The first-order valence-electron chi connectivity index (χ1n) is 11.1. The first-order chi connectivity index (χ1) is 16.7. The van der Waals surface area contributed by atoms with Gasteiger partial charge in [-0.3, -0.25) is 0 Å². The van der Waals surface area contributed by atoms with Crippen molar-refractivity contribution in [2.24, 2.45) is 0 Å². The van der Waals surface area contributed by atoms with Crippen molar-refractivity contribution < 1.29 is 31.9 Å². The van der Waals surface area contributed by atoms with E-state index < -0.39 is 11.7 Å². The summed E-state index contributed by atoms with van der Waals surface area (Å²) in [5.74, 6) is 1.02. The average Bonchev–Trinajstić information content (AvgIpc) is 3.29. The summed E-state index contributed by atoms with van der Waals surface area (Å²) in [5.41, 5.74) is 1.66. The van der Waals surface area contributed by atoms with E-state index in [-0.39, 0.29) is 12.7 Å². The van der Waals surface area contributed by atoms with E-state index in [2.05, 4.69) is 4.98 Å². The molecule has 0 aliphatic carbocycles. The van der Waals surface area contributed by atoms with Gasteiger partial charge >= 0.3 is 12.3 Å². The number of aryl methyl sites for hydroxylation is 1. The Labute approximate surface area is 202 Å². The van der Waals surface area contributed by atoms with E-state index in [1.54, 1.807) is 26.2 Å². The number of amides is 1. The zero-order chi connectivity index (χ0) is 25.3. The van der Waals surface area contributed by atoms with Crippen molar-refractivity contribution in [1.82, 2.24) is 9.88 Å². The van der Waals surface area contributed by atoms with Crippen molar-refractivity contribution in [3.05, 3.63) is 83.1 Å². The summed E-state index contributed by atoms with van der Waals surface area (Å²) < 4.78 is 54.1. The third-order valence-corrected chi connectivity index (χ3v) is 4.99. The lowest BCUT2D eigenvalue weighted by molar-refractivity contribution is -0.137. The summed E-state index contributed by atoms with van der Waals surface area (Å²) in [6.45, 7) is 0.617. The maximum Gasteiger partial charge on any atom is 0.416 e. The molecular weight excluding hydrogens is 461 g/mol. The molecule has 0 aliphatic heterocycles. The van der Waals surface area contributed by atoms with Crippen molar-refractivity contribution in [2.45, 2.75) is 32.0 Å². The first-order valence-corrected chi connectivity index (χ1v) is 11.1. The second kappa shape index (κ2) is 12.1. The second-order valence-electron chi connectivity index (χ2n) is 8.03. The molecule has 0 spiro atoms. The smallest absolute Gasteiger partial charge is 0.416 e. The van der Waals surface area contributed by atoms with Crippen molar-refractivity contribution in [2.75, 3.05) is 20.7 Å². The SMILES string of the molecule is CN(C)C(=O)OCCCCc1ccc(OCc2coc(C=Cc3ccc(C(F)(F)F)cc3)n2)cc1. The standard InChI is InChI=1S/C26H27F3N2O4/c1-31(2)25(32)33-16-4-3-5-19-8-13-23(14-9-19)34-17-22-18-35-24(30-22)15-10-20-6-11-21(12-7-20)26(27,28)29/h6-15,18H,3-5,16-17H2,1-2H3. The molecule has 9 heteroatoms. The number of ether oxygens (including phenoxy) is 2. The van der Waals surface area contributed by atoms with Gasteiger partial charge in [-0.2, -0.15) is 13.2 Å². The summed E-state index contributed by atoms with van der Waals surface area (Å²) in [5, 5.41) is 0. The number of halogens is 3. The van der Waals surface area contributed by atoms with Crippen LogP contribution in [-0.2, 0) is 23.9 Å². The lowest BCUT2D eigenvalue weighted by Crippen LogP contribution is -2.23. The number of carbonyl (C=O) groups is 1. The zero-order valence-electron chi connectivity index (χ0n) is 19.5. The highest BCUT2D eigenvalue weighted by Crippen LogP contribution is 2.29. The molecule has 1 amide bonds. The van der Waals surface area contributed by atoms with Crippen LogP contribution in [0.15, 0.2) is 59.2 Å². The third-order valence-electron chi connectivity index (χ3n) is 4.99. The van der Waals surface area contributed by atoms with Gasteiger partial charge in [0.25, 0.3) is 0 Å². The number of hydrogen-bond donors (Lipinski definition) is 0. The lowest BCUT2D eigenvalue weighted by atomic mass is 10.1. The second-order valence-corrected chi connectivity index (χ2v) is 8.03. The van der Waals surface area contributed by atoms with E-state index in [1.165, 1.54) is 23.3 Å². The van der Waals surface area contributed by atoms with Crippen LogP contribution in [0.4, 0.5) is 18.0 Å². The Balaban J connectivity index is 1.41. The fourth-order valence-corrected chi connectivity index (χ4v) is 3.05. The van der Waals surface area contributed by atoms with Gasteiger partial charge in [-0.15, -0.1) is 0 Å². The van der Waals surface area contributed by atoms with E-state index in [0.717, 1.165) is 37.0 Å². The number of carbonyl (C=O) groups excluding carboxylic acids is 1. The largest absolute Gasteiger partial charge is 0.487 e. The molecule has 0 saturated heterocycles. The van der Waals surface area contributed by atoms with Crippen molar-refractivity contribution in [1.29, 1.82) is 0 Å². The molecule has 35 heavy (non-hydrogen) atoms. The normalized spacial score (nSPS) is 11.6. The molecule has 0 aliphatic rings. The summed E-state index contributed by atoms with van der Waals surface area (Å²) >= 11 is 0.